The Kier molecular flexibility index (Phi) is 5.93. The Morgan fingerprint density at radius 3 is 2.55 bits per heavy atom. The lowest BCUT2D eigenvalue weighted by molar-refractivity contribution is -0.160. The highest BCUT2D eigenvalue weighted by atomic mass is 16.5. The van der Waals surface area contributed by atoms with Crippen LogP contribution in [0.3, 0.4) is 0 Å². The molecule has 2 aromatic rings. The van der Waals surface area contributed by atoms with Crippen molar-refractivity contribution in [1.82, 2.24) is 5.32 Å². The van der Waals surface area contributed by atoms with Gasteiger partial charge in [0.15, 0.2) is 0 Å². The predicted molar refractivity (Wildman–Crippen MR) is 115 cm³/mol. The summed E-state index contributed by atoms with van der Waals surface area (Å²) in [5.41, 5.74) is 2.22. The normalized spacial score (nSPS) is 19.1. The summed E-state index contributed by atoms with van der Waals surface area (Å²) in [7, 11) is 1.55. The maximum absolute atomic E-state index is 13.0. The highest BCUT2D eigenvalue weighted by Gasteiger charge is 2.39. The van der Waals surface area contributed by atoms with Crippen molar-refractivity contribution in [1.29, 1.82) is 0 Å². The number of carbonyl (C=O) groups is 3. The molecule has 1 aliphatic heterocycles. The second kappa shape index (κ2) is 8.79. The van der Waals surface area contributed by atoms with Crippen molar-refractivity contribution in [2.75, 3.05) is 18.6 Å². The summed E-state index contributed by atoms with van der Waals surface area (Å²) in [5, 5.41) is 2.90. The lowest BCUT2D eigenvalue weighted by Gasteiger charge is -2.21. The summed E-state index contributed by atoms with van der Waals surface area (Å²) < 4.78 is 11.1. The summed E-state index contributed by atoms with van der Waals surface area (Å²) in [6, 6.07) is 14.7. The molecule has 162 valence electrons. The van der Waals surface area contributed by atoms with Crippen LogP contribution in [-0.2, 0) is 19.1 Å². The van der Waals surface area contributed by atoms with E-state index in [1.165, 1.54) is 0 Å². The number of aryl methyl sites for hydroxylation is 1. The predicted octanol–water partition coefficient (Wildman–Crippen LogP) is 2.92. The number of carbonyl (C=O) groups excluding carboxylic acids is 3. The fourth-order valence-electron chi connectivity index (χ4n) is 3.73. The van der Waals surface area contributed by atoms with Crippen LogP contribution >= 0.6 is 0 Å². The first kappa shape index (κ1) is 20.9. The van der Waals surface area contributed by atoms with E-state index in [1.807, 2.05) is 25.1 Å². The summed E-state index contributed by atoms with van der Waals surface area (Å²) in [4.78, 5) is 40.0. The van der Waals surface area contributed by atoms with Crippen molar-refractivity contribution in [3.63, 3.8) is 0 Å². The van der Waals surface area contributed by atoms with Crippen molar-refractivity contribution in [3.05, 3.63) is 59.7 Å². The average Bonchev–Trinajstić information content (AvgIpc) is 3.50. The Bertz CT molecular complexity index is 987. The largest absolute Gasteiger partial charge is 0.495 e. The van der Waals surface area contributed by atoms with Crippen LogP contribution in [0.4, 0.5) is 5.69 Å². The molecule has 0 bridgehead atoms. The zero-order valence-electron chi connectivity index (χ0n) is 17.7. The lowest BCUT2D eigenvalue weighted by atomic mass is 10.1. The molecule has 2 aliphatic rings. The topological polar surface area (TPSA) is 84.9 Å². The van der Waals surface area contributed by atoms with Gasteiger partial charge >= 0.3 is 5.97 Å². The van der Waals surface area contributed by atoms with Crippen LogP contribution in [0, 0.1) is 12.8 Å². The minimum Gasteiger partial charge on any atom is -0.495 e. The number of benzene rings is 2. The van der Waals surface area contributed by atoms with Gasteiger partial charge in [-0.15, -0.1) is 0 Å². The van der Waals surface area contributed by atoms with Crippen LogP contribution in [0.5, 0.6) is 5.75 Å². The lowest BCUT2D eigenvalue weighted by Crippen LogP contribution is -2.35. The molecule has 0 radical (unpaired) electrons. The van der Waals surface area contributed by atoms with Gasteiger partial charge in [0.2, 0.25) is 12.0 Å². The van der Waals surface area contributed by atoms with Crippen molar-refractivity contribution in [2.45, 2.75) is 38.3 Å². The number of rotatable bonds is 7. The third-order valence-corrected chi connectivity index (χ3v) is 5.58. The van der Waals surface area contributed by atoms with E-state index < -0.39 is 18.0 Å². The number of amides is 2. The molecule has 1 heterocycles. The van der Waals surface area contributed by atoms with E-state index in [0.29, 0.717) is 17.0 Å². The van der Waals surface area contributed by atoms with Crippen LogP contribution in [-0.4, -0.2) is 37.5 Å². The van der Waals surface area contributed by atoms with Crippen LogP contribution in [0.25, 0.3) is 0 Å². The van der Waals surface area contributed by atoms with E-state index in [1.54, 1.807) is 42.3 Å². The maximum Gasteiger partial charge on any atom is 0.312 e. The van der Waals surface area contributed by atoms with Crippen molar-refractivity contribution in [3.8, 4) is 5.75 Å². The number of hydrogen-bond donors (Lipinski definition) is 1. The van der Waals surface area contributed by atoms with E-state index in [4.69, 9.17) is 9.47 Å². The molecule has 7 heteroatoms. The molecule has 2 atom stereocenters. The molecule has 1 aliphatic carbocycles. The van der Waals surface area contributed by atoms with Gasteiger partial charge in [-0.25, -0.2) is 0 Å². The summed E-state index contributed by atoms with van der Waals surface area (Å²) in [6.07, 6.45) is 0.866. The molecule has 0 aromatic heterocycles. The van der Waals surface area contributed by atoms with Gasteiger partial charge in [0.05, 0.1) is 18.7 Å². The molecular formula is C24H26N2O5. The standard InChI is InChI=1S/C24H26N2O5/c1-15-8-11-20(30-2)19(12-15)26-14-17(13-21(26)27)24(29)31-22(16-6-4-3-5-7-16)23(28)25-18-9-10-18/h3-8,11-12,17-18,22H,9-10,13-14H2,1-2H3,(H,25,28)/t17-,22-/m0/s1. The van der Waals surface area contributed by atoms with Crippen LogP contribution in [0.15, 0.2) is 48.5 Å². The van der Waals surface area contributed by atoms with Gasteiger partial charge in [-0.2, -0.15) is 0 Å². The van der Waals surface area contributed by atoms with E-state index in [2.05, 4.69) is 5.32 Å². The molecule has 7 nitrogen and oxygen atoms in total. The first-order chi connectivity index (χ1) is 15.0. The number of anilines is 1. The van der Waals surface area contributed by atoms with Gasteiger partial charge in [-0.1, -0.05) is 36.4 Å². The van der Waals surface area contributed by atoms with Gasteiger partial charge in [0, 0.05) is 24.6 Å². The number of esters is 1. The third-order valence-electron chi connectivity index (χ3n) is 5.58. The number of methoxy groups -OCH3 is 1. The van der Waals surface area contributed by atoms with E-state index in [-0.39, 0.29) is 30.8 Å². The second-order valence-electron chi connectivity index (χ2n) is 8.09. The SMILES string of the molecule is COc1ccc(C)cc1N1C[C@@H](C(=O)O[C@H](C(=O)NC2CC2)c2ccccc2)CC1=O. The number of hydrogen-bond acceptors (Lipinski definition) is 5. The molecule has 0 spiro atoms. The summed E-state index contributed by atoms with van der Waals surface area (Å²) in [5.74, 6) is -1.15. The smallest absolute Gasteiger partial charge is 0.312 e. The maximum atomic E-state index is 13.0. The highest BCUT2D eigenvalue weighted by Crippen LogP contribution is 2.35. The van der Waals surface area contributed by atoms with E-state index in [0.717, 1.165) is 18.4 Å². The zero-order chi connectivity index (χ0) is 22.0. The first-order valence-electron chi connectivity index (χ1n) is 10.5. The quantitative estimate of drug-likeness (QED) is 0.694. The fourth-order valence-corrected chi connectivity index (χ4v) is 3.73. The molecule has 1 N–H and O–H groups in total. The van der Waals surface area contributed by atoms with Crippen molar-refractivity contribution >= 4 is 23.5 Å². The van der Waals surface area contributed by atoms with E-state index >= 15 is 0 Å². The Labute approximate surface area is 181 Å². The molecular weight excluding hydrogens is 396 g/mol. The van der Waals surface area contributed by atoms with Crippen LogP contribution in [0.1, 0.15) is 36.5 Å². The Morgan fingerprint density at radius 1 is 1.13 bits per heavy atom. The highest BCUT2D eigenvalue weighted by molar-refractivity contribution is 6.01. The van der Waals surface area contributed by atoms with Crippen molar-refractivity contribution < 1.29 is 23.9 Å². The van der Waals surface area contributed by atoms with Crippen LogP contribution in [0.2, 0.25) is 0 Å². The molecule has 2 amide bonds. The van der Waals surface area contributed by atoms with Crippen molar-refractivity contribution in [2.24, 2.45) is 5.92 Å². The van der Waals surface area contributed by atoms with Gasteiger partial charge in [0.25, 0.3) is 5.91 Å². The summed E-state index contributed by atoms with van der Waals surface area (Å²) in [6.45, 7) is 2.11. The minimum absolute atomic E-state index is 0.0294. The third kappa shape index (κ3) is 4.71. The molecule has 1 saturated heterocycles. The summed E-state index contributed by atoms with van der Waals surface area (Å²) >= 11 is 0. The Morgan fingerprint density at radius 2 is 1.87 bits per heavy atom. The molecule has 2 fully saturated rings. The second-order valence-corrected chi connectivity index (χ2v) is 8.09. The molecule has 2 aromatic carbocycles. The van der Waals surface area contributed by atoms with Gasteiger partial charge in [-0.3, -0.25) is 14.4 Å². The molecule has 31 heavy (non-hydrogen) atoms. The molecule has 1 saturated carbocycles. The van der Waals surface area contributed by atoms with Gasteiger partial charge in [0.1, 0.15) is 5.75 Å². The fraction of sp³-hybridized carbons (Fsp3) is 0.375. The molecule has 4 rings (SSSR count). The monoisotopic (exact) mass is 422 g/mol. The van der Waals surface area contributed by atoms with Gasteiger partial charge in [-0.05, 0) is 37.5 Å². The number of ether oxygens (including phenoxy) is 2. The van der Waals surface area contributed by atoms with Crippen LogP contribution < -0.4 is 15.0 Å². The minimum atomic E-state index is -1.04. The number of nitrogens with zero attached hydrogens (tertiary/aromatic N) is 1. The average molecular weight is 422 g/mol. The first-order valence-corrected chi connectivity index (χ1v) is 10.5. The zero-order valence-corrected chi connectivity index (χ0v) is 17.7. The Balaban J connectivity index is 1.50. The van der Waals surface area contributed by atoms with E-state index in [9.17, 15) is 14.4 Å². The Hall–Kier alpha value is -3.35. The number of nitrogens with one attached hydrogen (secondary N) is 1. The molecule has 0 unspecified atom stereocenters. The van der Waals surface area contributed by atoms with Gasteiger partial charge < -0.3 is 19.7 Å².